The first-order chi connectivity index (χ1) is 11.0. The van der Waals surface area contributed by atoms with Crippen molar-refractivity contribution in [1.29, 1.82) is 0 Å². The Hall–Kier alpha value is -1.99. The topological polar surface area (TPSA) is 37.3 Å². The van der Waals surface area contributed by atoms with E-state index in [1.54, 1.807) is 18.2 Å². The van der Waals surface area contributed by atoms with Crippen molar-refractivity contribution in [3.8, 4) is 0 Å². The number of aromatic carboxylic acids is 1. The lowest BCUT2D eigenvalue weighted by atomic mass is 10.1. The number of hydrogen-bond acceptors (Lipinski definition) is 3. The zero-order valence-corrected chi connectivity index (χ0v) is 13.1. The van der Waals surface area contributed by atoms with E-state index in [0.717, 1.165) is 40.6 Å². The fourth-order valence-electron chi connectivity index (χ4n) is 2.20. The summed E-state index contributed by atoms with van der Waals surface area (Å²) in [5.74, 6) is -3.64. The first kappa shape index (κ1) is 15.9. The normalized spacial score (nSPS) is 11.1. The summed E-state index contributed by atoms with van der Waals surface area (Å²) in [6.07, 6.45) is 0. The Bertz CT molecular complexity index is 906. The van der Waals surface area contributed by atoms with Crippen LogP contribution in [0.1, 0.15) is 15.9 Å². The summed E-state index contributed by atoms with van der Waals surface area (Å²) in [4.78, 5) is 11.9. The van der Waals surface area contributed by atoms with Gasteiger partial charge in [0.15, 0.2) is 16.8 Å². The molecular formula is C16H9F3O2S2. The second kappa shape index (κ2) is 6.25. The number of halogens is 3. The van der Waals surface area contributed by atoms with E-state index in [4.69, 9.17) is 5.11 Å². The van der Waals surface area contributed by atoms with Gasteiger partial charge in [0.05, 0.1) is 10.3 Å². The van der Waals surface area contributed by atoms with Crippen molar-refractivity contribution in [3.05, 3.63) is 64.3 Å². The Morgan fingerprint density at radius 3 is 2.70 bits per heavy atom. The van der Waals surface area contributed by atoms with Crippen LogP contribution in [-0.2, 0) is 5.75 Å². The van der Waals surface area contributed by atoms with Crippen molar-refractivity contribution in [2.24, 2.45) is 0 Å². The molecule has 0 radical (unpaired) electrons. The zero-order valence-electron chi connectivity index (χ0n) is 11.5. The Labute approximate surface area is 137 Å². The van der Waals surface area contributed by atoms with Crippen molar-refractivity contribution >= 4 is 39.2 Å². The highest BCUT2D eigenvalue weighted by Crippen LogP contribution is 2.36. The van der Waals surface area contributed by atoms with Crippen molar-refractivity contribution in [1.82, 2.24) is 0 Å². The number of carbonyl (C=O) groups is 1. The van der Waals surface area contributed by atoms with Gasteiger partial charge in [-0.3, -0.25) is 0 Å². The molecule has 0 saturated heterocycles. The zero-order chi connectivity index (χ0) is 16.6. The summed E-state index contributed by atoms with van der Waals surface area (Å²) in [6, 6.07) is 8.46. The van der Waals surface area contributed by atoms with Crippen LogP contribution in [0.3, 0.4) is 0 Å². The van der Waals surface area contributed by atoms with Gasteiger partial charge < -0.3 is 5.11 Å². The van der Waals surface area contributed by atoms with E-state index in [0.29, 0.717) is 9.60 Å². The molecule has 0 amide bonds. The minimum absolute atomic E-state index is 0.0656. The molecule has 1 N–H and O–H groups in total. The SMILES string of the molecule is O=C(O)c1ccc(F)c(F)c1CSc1cccc2cc(F)sc12. The number of carboxylic acids is 1. The predicted molar refractivity (Wildman–Crippen MR) is 84.7 cm³/mol. The van der Waals surface area contributed by atoms with Crippen LogP contribution >= 0.6 is 23.1 Å². The van der Waals surface area contributed by atoms with Crippen molar-refractivity contribution in [2.45, 2.75) is 10.6 Å². The van der Waals surface area contributed by atoms with Gasteiger partial charge in [0.2, 0.25) is 0 Å². The van der Waals surface area contributed by atoms with E-state index in [1.165, 1.54) is 6.07 Å². The second-order valence-corrected chi connectivity index (χ2v) is 6.73. The predicted octanol–water partition coefficient (Wildman–Crippen LogP) is 5.31. The molecule has 7 heteroatoms. The molecule has 0 aliphatic carbocycles. The highest BCUT2D eigenvalue weighted by atomic mass is 32.2. The van der Waals surface area contributed by atoms with Crippen LogP contribution in [0.15, 0.2) is 41.3 Å². The number of thiophene rings is 1. The molecule has 1 heterocycles. The fraction of sp³-hybridized carbons (Fsp3) is 0.0625. The lowest BCUT2D eigenvalue weighted by molar-refractivity contribution is 0.0695. The largest absolute Gasteiger partial charge is 0.478 e. The molecule has 2 aromatic carbocycles. The monoisotopic (exact) mass is 354 g/mol. The van der Waals surface area contributed by atoms with Crippen LogP contribution in [0.25, 0.3) is 10.1 Å². The van der Waals surface area contributed by atoms with E-state index in [-0.39, 0.29) is 22.0 Å². The Balaban J connectivity index is 1.97. The standard InChI is InChI=1S/C16H9F3O2S2/c17-11-5-4-9(16(20)21)10(14(11)19)7-22-12-3-1-2-8-6-13(18)23-15(8)12/h1-6H,7H2,(H,20,21). The van der Waals surface area contributed by atoms with Gasteiger partial charge in [-0.1, -0.05) is 12.1 Å². The maximum atomic E-state index is 13.9. The number of fused-ring (bicyclic) bond motifs is 1. The molecule has 3 aromatic rings. The first-order valence-electron chi connectivity index (χ1n) is 6.48. The number of thioether (sulfide) groups is 1. The molecule has 0 unspecified atom stereocenters. The fourth-order valence-corrected chi connectivity index (χ4v) is 4.30. The molecule has 23 heavy (non-hydrogen) atoms. The molecule has 2 nitrogen and oxygen atoms in total. The first-order valence-corrected chi connectivity index (χ1v) is 8.28. The summed E-state index contributed by atoms with van der Waals surface area (Å²) in [7, 11) is 0. The molecule has 0 bridgehead atoms. The Morgan fingerprint density at radius 2 is 1.96 bits per heavy atom. The summed E-state index contributed by atoms with van der Waals surface area (Å²) in [5.41, 5.74) is -0.488. The summed E-state index contributed by atoms with van der Waals surface area (Å²) in [5, 5.41) is 9.49. The van der Waals surface area contributed by atoms with Crippen LogP contribution in [0.4, 0.5) is 13.2 Å². The van der Waals surface area contributed by atoms with Gasteiger partial charge in [-0.25, -0.2) is 13.6 Å². The number of hydrogen-bond donors (Lipinski definition) is 1. The molecule has 0 spiro atoms. The Morgan fingerprint density at radius 1 is 1.17 bits per heavy atom. The van der Waals surface area contributed by atoms with E-state index >= 15 is 0 Å². The average Bonchev–Trinajstić information content (AvgIpc) is 2.89. The third-order valence-corrected chi connectivity index (χ3v) is 5.46. The Kier molecular flexibility index (Phi) is 4.32. The van der Waals surface area contributed by atoms with Gasteiger partial charge in [-0.15, -0.1) is 23.1 Å². The van der Waals surface area contributed by atoms with Gasteiger partial charge >= 0.3 is 5.97 Å². The van der Waals surface area contributed by atoms with Crippen molar-refractivity contribution in [3.63, 3.8) is 0 Å². The average molecular weight is 354 g/mol. The van der Waals surface area contributed by atoms with Gasteiger partial charge in [-0.05, 0) is 29.7 Å². The molecule has 0 saturated carbocycles. The summed E-state index contributed by atoms with van der Waals surface area (Å²) in [6.45, 7) is 0. The molecule has 0 aliphatic heterocycles. The third-order valence-electron chi connectivity index (χ3n) is 3.28. The maximum Gasteiger partial charge on any atom is 0.336 e. The van der Waals surface area contributed by atoms with Crippen LogP contribution in [0, 0.1) is 16.8 Å². The molecule has 0 aliphatic rings. The summed E-state index contributed by atoms with van der Waals surface area (Å²) >= 11 is 2.10. The molecular weight excluding hydrogens is 345 g/mol. The lowest BCUT2D eigenvalue weighted by Crippen LogP contribution is -2.06. The summed E-state index contributed by atoms with van der Waals surface area (Å²) < 4.78 is 41.4. The van der Waals surface area contributed by atoms with Crippen LogP contribution in [0.5, 0.6) is 0 Å². The molecule has 0 fully saturated rings. The van der Waals surface area contributed by atoms with Crippen LogP contribution in [-0.4, -0.2) is 11.1 Å². The minimum Gasteiger partial charge on any atom is -0.478 e. The van der Waals surface area contributed by atoms with E-state index in [2.05, 4.69) is 0 Å². The second-order valence-electron chi connectivity index (χ2n) is 4.71. The van der Waals surface area contributed by atoms with Crippen molar-refractivity contribution in [2.75, 3.05) is 0 Å². The lowest BCUT2D eigenvalue weighted by Gasteiger charge is -2.09. The third kappa shape index (κ3) is 3.07. The number of benzene rings is 2. The van der Waals surface area contributed by atoms with Gasteiger partial charge in [-0.2, -0.15) is 4.39 Å². The minimum atomic E-state index is -1.32. The maximum absolute atomic E-state index is 13.9. The van der Waals surface area contributed by atoms with Gasteiger partial charge in [0, 0.05) is 16.2 Å². The van der Waals surface area contributed by atoms with E-state index in [1.807, 2.05) is 0 Å². The smallest absolute Gasteiger partial charge is 0.336 e. The highest BCUT2D eigenvalue weighted by Gasteiger charge is 2.18. The quantitative estimate of drug-likeness (QED) is 0.645. The van der Waals surface area contributed by atoms with E-state index < -0.39 is 17.6 Å². The van der Waals surface area contributed by atoms with E-state index in [9.17, 15) is 18.0 Å². The van der Waals surface area contributed by atoms with Crippen LogP contribution in [0.2, 0.25) is 0 Å². The molecule has 3 rings (SSSR count). The molecule has 118 valence electrons. The van der Waals surface area contributed by atoms with Gasteiger partial charge in [0.1, 0.15) is 0 Å². The highest BCUT2D eigenvalue weighted by molar-refractivity contribution is 7.98. The number of carboxylic acid groups (broad SMARTS) is 1. The number of rotatable bonds is 4. The van der Waals surface area contributed by atoms with Gasteiger partial charge in [0.25, 0.3) is 0 Å². The molecule has 0 atom stereocenters. The molecule has 1 aromatic heterocycles. The van der Waals surface area contributed by atoms with Crippen molar-refractivity contribution < 1.29 is 23.1 Å². The van der Waals surface area contributed by atoms with Crippen LogP contribution < -0.4 is 0 Å².